The summed E-state index contributed by atoms with van der Waals surface area (Å²) in [4.78, 5) is 55.5. The Morgan fingerprint density at radius 1 is 0.840 bits per heavy atom. The first kappa shape index (κ1) is 36.0. The summed E-state index contributed by atoms with van der Waals surface area (Å²) in [6.45, 7) is 12.2. The third-order valence-corrected chi connectivity index (χ3v) is 8.09. The molecule has 262 valence electrons. The van der Waals surface area contributed by atoms with Gasteiger partial charge < -0.3 is 18.6 Å². The Balaban J connectivity index is 1.45. The van der Waals surface area contributed by atoms with Crippen molar-refractivity contribution in [3.63, 3.8) is 0 Å². The lowest BCUT2D eigenvalue weighted by molar-refractivity contribution is -0.186. The van der Waals surface area contributed by atoms with E-state index in [1.165, 1.54) is 11.1 Å². The summed E-state index contributed by atoms with van der Waals surface area (Å²) >= 11 is 0. The molecule has 5 rings (SSSR count). The first-order valence-corrected chi connectivity index (χ1v) is 16.6. The van der Waals surface area contributed by atoms with Crippen molar-refractivity contribution in [3.8, 4) is 5.75 Å². The molecule has 0 saturated carbocycles. The number of nitrogens with zero attached hydrogens (tertiary/aromatic N) is 3. The van der Waals surface area contributed by atoms with Crippen molar-refractivity contribution in [1.29, 1.82) is 0 Å². The molecule has 0 unspecified atom stereocenters. The van der Waals surface area contributed by atoms with Gasteiger partial charge in [0.25, 0.3) is 5.56 Å². The van der Waals surface area contributed by atoms with E-state index in [9.17, 15) is 19.2 Å². The van der Waals surface area contributed by atoms with E-state index in [4.69, 9.17) is 18.6 Å². The number of furan rings is 1. The van der Waals surface area contributed by atoms with Crippen molar-refractivity contribution in [2.24, 2.45) is 5.41 Å². The maximum Gasteiger partial charge on any atom is 0.324 e. The standard InChI is InChI=1S/C39H43N3O8/c1-25-12-8-9-13-26(25)18-21-47-28-16-17-32-27(22-28)23-33(48-32)31(43)24-39(35(45)49-37(2,3)4,36(46)50-38(5,6)7)19-20-42-34(44)29-14-10-11-15-30(29)40-41-42/h8-17,22-23H,18-21,24H2,1-7H3. The van der Waals surface area contributed by atoms with Crippen LogP contribution < -0.4 is 10.3 Å². The van der Waals surface area contributed by atoms with Crippen molar-refractivity contribution in [2.45, 2.75) is 85.5 Å². The van der Waals surface area contributed by atoms with Crippen LogP contribution >= 0.6 is 0 Å². The van der Waals surface area contributed by atoms with Crippen LogP contribution in [0, 0.1) is 12.3 Å². The van der Waals surface area contributed by atoms with Crippen LogP contribution in [0.3, 0.4) is 0 Å². The molecule has 0 amide bonds. The van der Waals surface area contributed by atoms with Crippen molar-refractivity contribution in [3.05, 3.63) is 100 Å². The van der Waals surface area contributed by atoms with Gasteiger partial charge in [-0.1, -0.05) is 41.6 Å². The number of carbonyl (C=O) groups excluding carboxylic acids is 3. The molecule has 0 bridgehead atoms. The quantitative estimate of drug-likeness (QED) is 0.0785. The Hall–Kier alpha value is -5.32. The van der Waals surface area contributed by atoms with Gasteiger partial charge in [0.05, 0.1) is 12.0 Å². The number of carbonyl (C=O) groups is 3. The van der Waals surface area contributed by atoms with E-state index in [-0.39, 0.29) is 18.7 Å². The molecule has 5 aromatic rings. The number of aromatic nitrogens is 3. The monoisotopic (exact) mass is 681 g/mol. The number of aryl methyl sites for hydroxylation is 2. The summed E-state index contributed by atoms with van der Waals surface area (Å²) in [6, 6.07) is 21.6. The van der Waals surface area contributed by atoms with Gasteiger partial charge in [-0.15, -0.1) is 5.10 Å². The lowest BCUT2D eigenvalue weighted by Crippen LogP contribution is -2.49. The largest absolute Gasteiger partial charge is 0.493 e. The van der Waals surface area contributed by atoms with Crippen LogP contribution in [-0.4, -0.2) is 50.5 Å². The van der Waals surface area contributed by atoms with Crippen LogP contribution in [0.2, 0.25) is 0 Å². The van der Waals surface area contributed by atoms with Gasteiger partial charge >= 0.3 is 11.9 Å². The zero-order valence-electron chi connectivity index (χ0n) is 29.6. The number of hydrogen-bond acceptors (Lipinski definition) is 10. The van der Waals surface area contributed by atoms with Gasteiger partial charge in [0.2, 0.25) is 0 Å². The van der Waals surface area contributed by atoms with Crippen LogP contribution in [0.15, 0.2) is 82.0 Å². The van der Waals surface area contributed by atoms with Crippen LogP contribution in [0.25, 0.3) is 21.9 Å². The minimum atomic E-state index is -2.16. The third-order valence-electron chi connectivity index (χ3n) is 8.09. The number of ether oxygens (including phenoxy) is 3. The molecule has 0 aliphatic carbocycles. The van der Waals surface area contributed by atoms with E-state index >= 15 is 0 Å². The van der Waals surface area contributed by atoms with E-state index in [0.29, 0.717) is 34.2 Å². The predicted molar refractivity (Wildman–Crippen MR) is 188 cm³/mol. The second kappa shape index (κ2) is 14.3. The molecule has 0 N–H and O–H groups in total. The zero-order valence-corrected chi connectivity index (χ0v) is 29.6. The number of ketones is 1. The maximum atomic E-state index is 14.1. The van der Waals surface area contributed by atoms with E-state index < -0.39 is 46.3 Å². The highest BCUT2D eigenvalue weighted by Gasteiger charge is 2.53. The van der Waals surface area contributed by atoms with Gasteiger partial charge in [0.15, 0.2) is 17.0 Å². The zero-order chi connectivity index (χ0) is 36.3. The van der Waals surface area contributed by atoms with Gasteiger partial charge in [0, 0.05) is 24.8 Å². The summed E-state index contributed by atoms with van der Waals surface area (Å²) in [5, 5.41) is 9.08. The molecule has 11 heteroatoms. The van der Waals surface area contributed by atoms with Gasteiger partial charge in [0.1, 0.15) is 28.1 Å². The molecule has 11 nitrogen and oxygen atoms in total. The van der Waals surface area contributed by atoms with E-state index in [1.807, 2.05) is 12.1 Å². The fourth-order valence-electron chi connectivity index (χ4n) is 5.52. The summed E-state index contributed by atoms with van der Waals surface area (Å²) in [5.41, 5.74) is -1.43. The van der Waals surface area contributed by atoms with Crippen LogP contribution in [0.1, 0.15) is 76.1 Å². The molecule has 0 aliphatic heterocycles. The topological polar surface area (TPSA) is 140 Å². The highest BCUT2D eigenvalue weighted by Crippen LogP contribution is 2.37. The summed E-state index contributed by atoms with van der Waals surface area (Å²) in [6.07, 6.45) is -0.255. The molecule has 2 heterocycles. The molecule has 50 heavy (non-hydrogen) atoms. The molecular weight excluding hydrogens is 638 g/mol. The van der Waals surface area contributed by atoms with E-state index in [2.05, 4.69) is 29.4 Å². The lowest BCUT2D eigenvalue weighted by atomic mass is 9.78. The Bertz CT molecular complexity index is 2070. The minimum absolute atomic E-state index is 0.0591. The number of Topliss-reactive ketones (excluding diaryl/α,β-unsaturated/α-hetero) is 1. The Morgan fingerprint density at radius 2 is 1.50 bits per heavy atom. The van der Waals surface area contributed by atoms with Gasteiger partial charge in [-0.3, -0.25) is 19.2 Å². The van der Waals surface area contributed by atoms with Crippen molar-refractivity contribution in [1.82, 2.24) is 15.0 Å². The van der Waals surface area contributed by atoms with Crippen molar-refractivity contribution in [2.75, 3.05) is 6.61 Å². The second-order valence-electron chi connectivity index (χ2n) is 14.4. The smallest absolute Gasteiger partial charge is 0.324 e. The molecule has 0 atom stereocenters. The van der Waals surface area contributed by atoms with Crippen LogP contribution in [0.5, 0.6) is 5.75 Å². The van der Waals surface area contributed by atoms with Crippen molar-refractivity contribution < 1.29 is 33.0 Å². The first-order valence-electron chi connectivity index (χ1n) is 16.6. The number of esters is 2. The summed E-state index contributed by atoms with van der Waals surface area (Å²) in [7, 11) is 0. The Morgan fingerprint density at radius 3 is 2.18 bits per heavy atom. The van der Waals surface area contributed by atoms with Crippen LogP contribution in [-0.2, 0) is 32.0 Å². The average molecular weight is 682 g/mol. The fourth-order valence-corrected chi connectivity index (χ4v) is 5.52. The normalized spacial score (nSPS) is 12.2. The average Bonchev–Trinajstić information content (AvgIpc) is 3.47. The molecular formula is C39H43N3O8. The number of hydrogen-bond donors (Lipinski definition) is 0. The van der Waals surface area contributed by atoms with E-state index in [1.54, 1.807) is 90.1 Å². The predicted octanol–water partition coefficient (Wildman–Crippen LogP) is 6.80. The molecule has 0 fully saturated rings. The fraction of sp³-hybridized carbons (Fsp3) is 0.385. The second-order valence-corrected chi connectivity index (χ2v) is 14.4. The van der Waals surface area contributed by atoms with Gasteiger partial charge in [-0.25, -0.2) is 4.68 Å². The maximum absolute atomic E-state index is 14.1. The first-order chi connectivity index (χ1) is 23.5. The van der Waals surface area contributed by atoms with Crippen molar-refractivity contribution >= 4 is 39.6 Å². The molecule has 0 spiro atoms. The van der Waals surface area contributed by atoms with Gasteiger partial charge in [-0.05, 0) is 102 Å². The van der Waals surface area contributed by atoms with Gasteiger partial charge in [-0.2, -0.15) is 0 Å². The molecule has 2 aromatic heterocycles. The number of fused-ring (bicyclic) bond motifs is 2. The Kier molecular flexibility index (Phi) is 10.3. The lowest BCUT2D eigenvalue weighted by Gasteiger charge is -2.34. The molecule has 0 aliphatic rings. The van der Waals surface area contributed by atoms with Crippen LogP contribution in [0.4, 0.5) is 0 Å². The molecule has 3 aromatic carbocycles. The third kappa shape index (κ3) is 8.45. The SMILES string of the molecule is Cc1ccccc1CCOc1ccc2oc(C(=O)CC(CCn3nnc4ccccc4c3=O)(C(=O)OC(C)(C)C)C(=O)OC(C)(C)C)cc2c1. The molecule has 0 saturated heterocycles. The highest BCUT2D eigenvalue weighted by atomic mass is 16.6. The summed E-state index contributed by atoms with van der Waals surface area (Å²) in [5.74, 6) is -2.01. The number of rotatable bonds is 12. The highest BCUT2D eigenvalue weighted by molar-refractivity contribution is 6.08. The molecule has 0 radical (unpaired) electrons. The minimum Gasteiger partial charge on any atom is -0.493 e. The van der Waals surface area contributed by atoms with E-state index in [0.717, 1.165) is 11.1 Å². The number of benzene rings is 3. The Labute approximate surface area is 290 Å². The summed E-state index contributed by atoms with van der Waals surface area (Å²) < 4.78 is 24.5.